The summed E-state index contributed by atoms with van der Waals surface area (Å²) in [6, 6.07) is 12.2. The van der Waals surface area contributed by atoms with Crippen LogP contribution in [0.1, 0.15) is 49.9 Å². The number of amides is 1. The highest BCUT2D eigenvalue weighted by molar-refractivity contribution is 6.46. The Labute approximate surface area is 207 Å². The lowest BCUT2D eigenvalue weighted by molar-refractivity contribution is -0.139. The standard InChI is InChI=1S/C28H36N2O5/c1-28(2,3)20-12-9-18(10-13-20)24-23(26(32)27(33)30(24)16-8-15-29(4)5)25(31)19-11-14-21(34-6)22(17-19)35-7/h9-14,17,24,31H,8,15-16H2,1-7H3/b25-23-. The molecule has 2 aromatic rings. The summed E-state index contributed by atoms with van der Waals surface area (Å²) in [4.78, 5) is 30.0. The van der Waals surface area contributed by atoms with Crippen LogP contribution in [0.4, 0.5) is 0 Å². The lowest BCUT2D eigenvalue weighted by atomic mass is 9.85. The van der Waals surface area contributed by atoms with E-state index in [2.05, 4.69) is 20.8 Å². The van der Waals surface area contributed by atoms with Crippen molar-refractivity contribution in [1.82, 2.24) is 9.80 Å². The number of Topliss-reactive ketones (excluding diaryl/α,β-unsaturated/α-hetero) is 1. The van der Waals surface area contributed by atoms with Crippen LogP contribution in [0.15, 0.2) is 48.0 Å². The first kappa shape index (κ1) is 26.3. The molecule has 1 atom stereocenters. The average Bonchev–Trinajstić information content (AvgIpc) is 3.07. The number of carbonyl (C=O) groups excluding carboxylic acids is 2. The van der Waals surface area contributed by atoms with E-state index in [0.717, 1.165) is 17.7 Å². The summed E-state index contributed by atoms with van der Waals surface area (Å²) in [5, 5.41) is 11.3. The van der Waals surface area contributed by atoms with E-state index in [9.17, 15) is 14.7 Å². The maximum Gasteiger partial charge on any atom is 0.295 e. The molecule has 0 aliphatic carbocycles. The monoisotopic (exact) mass is 480 g/mol. The lowest BCUT2D eigenvalue weighted by Crippen LogP contribution is -2.32. The zero-order valence-corrected chi connectivity index (χ0v) is 21.7. The van der Waals surface area contributed by atoms with Gasteiger partial charge in [-0.05, 0) is 61.8 Å². The lowest BCUT2D eigenvalue weighted by Gasteiger charge is -2.27. The third kappa shape index (κ3) is 5.51. The van der Waals surface area contributed by atoms with Gasteiger partial charge < -0.3 is 24.4 Å². The van der Waals surface area contributed by atoms with Gasteiger partial charge in [-0.15, -0.1) is 0 Å². The SMILES string of the molecule is COc1ccc(/C(O)=C2/C(=O)C(=O)N(CCCN(C)C)C2c2ccc(C(C)(C)C)cc2)cc1OC. The minimum atomic E-state index is -0.688. The Kier molecular flexibility index (Phi) is 7.90. The van der Waals surface area contributed by atoms with E-state index in [1.807, 2.05) is 43.3 Å². The molecule has 1 unspecified atom stereocenters. The molecule has 7 nitrogen and oxygen atoms in total. The van der Waals surface area contributed by atoms with Crippen molar-refractivity contribution in [2.45, 2.75) is 38.6 Å². The maximum atomic E-state index is 13.2. The van der Waals surface area contributed by atoms with Gasteiger partial charge in [-0.3, -0.25) is 9.59 Å². The molecule has 1 aliphatic rings. The van der Waals surface area contributed by atoms with Gasteiger partial charge in [-0.1, -0.05) is 45.0 Å². The van der Waals surface area contributed by atoms with Gasteiger partial charge in [0.25, 0.3) is 11.7 Å². The van der Waals surface area contributed by atoms with Gasteiger partial charge in [0.15, 0.2) is 11.5 Å². The first-order valence-electron chi connectivity index (χ1n) is 11.8. The minimum Gasteiger partial charge on any atom is -0.507 e. The van der Waals surface area contributed by atoms with Crippen molar-refractivity contribution in [3.8, 4) is 11.5 Å². The predicted molar refractivity (Wildman–Crippen MR) is 137 cm³/mol. The Balaban J connectivity index is 2.13. The van der Waals surface area contributed by atoms with Crippen molar-refractivity contribution in [3.63, 3.8) is 0 Å². The molecule has 188 valence electrons. The highest BCUT2D eigenvalue weighted by Crippen LogP contribution is 2.41. The van der Waals surface area contributed by atoms with E-state index in [4.69, 9.17) is 9.47 Å². The van der Waals surface area contributed by atoms with Gasteiger partial charge in [-0.25, -0.2) is 0 Å². The van der Waals surface area contributed by atoms with Crippen LogP contribution in [0.5, 0.6) is 11.5 Å². The molecule has 1 saturated heterocycles. The Morgan fingerprint density at radius 2 is 1.63 bits per heavy atom. The van der Waals surface area contributed by atoms with E-state index in [1.165, 1.54) is 14.2 Å². The molecular weight excluding hydrogens is 444 g/mol. The third-order valence-corrected chi connectivity index (χ3v) is 6.29. The summed E-state index contributed by atoms with van der Waals surface area (Å²) in [5.74, 6) is -0.600. The second-order valence-corrected chi connectivity index (χ2v) is 10.1. The molecule has 1 amide bonds. The third-order valence-electron chi connectivity index (χ3n) is 6.29. The van der Waals surface area contributed by atoms with Gasteiger partial charge in [0.05, 0.1) is 25.8 Å². The van der Waals surface area contributed by atoms with Gasteiger partial charge in [-0.2, -0.15) is 0 Å². The van der Waals surface area contributed by atoms with Crippen molar-refractivity contribution in [2.24, 2.45) is 0 Å². The molecular formula is C28H36N2O5. The Bertz CT molecular complexity index is 1110. The van der Waals surface area contributed by atoms with E-state index >= 15 is 0 Å². The Morgan fingerprint density at radius 1 is 1.00 bits per heavy atom. The van der Waals surface area contributed by atoms with E-state index in [1.54, 1.807) is 23.1 Å². The number of hydrogen-bond donors (Lipinski definition) is 1. The maximum absolute atomic E-state index is 13.2. The van der Waals surface area contributed by atoms with E-state index < -0.39 is 17.7 Å². The van der Waals surface area contributed by atoms with E-state index in [-0.39, 0.29) is 16.7 Å². The van der Waals surface area contributed by atoms with Gasteiger partial charge in [0.2, 0.25) is 0 Å². The number of aliphatic hydroxyl groups is 1. The minimum absolute atomic E-state index is 0.0360. The number of ketones is 1. The Morgan fingerprint density at radius 3 is 2.17 bits per heavy atom. The van der Waals surface area contributed by atoms with Crippen LogP contribution in [-0.2, 0) is 15.0 Å². The summed E-state index contributed by atoms with van der Waals surface area (Å²) < 4.78 is 10.7. The zero-order valence-electron chi connectivity index (χ0n) is 21.7. The molecule has 1 fully saturated rings. The number of methoxy groups -OCH3 is 2. The normalized spacial score (nSPS) is 17.8. The van der Waals surface area contributed by atoms with Crippen LogP contribution >= 0.6 is 0 Å². The van der Waals surface area contributed by atoms with Crippen LogP contribution < -0.4 is 9.47 Å². The molecule has 1 heterocycles. The fourth-order valence-electron chi connectivity index (χ4n) is 4.32. The van der Waals surface area contributed by atoms with Gasteiger partial charge in [0, 0.05) is 12.1 Å². The molecule has 0 aromatic heterocycles. The molecule has 0 saturated carbocycles. The molecule has 1 N–H and O–H groups in total. The zero-order chi connectivity index (χ0) is 25.9. The van der Waals surface area contributed by atoms with Crippen molar-refractivity contribution in [2.75, 3.05) is 41.4 Å². The molecule has 2 aromatic carbocycles. The molecule has 35 heavy (non-hydrogen) atoms. The van der Waals surface area contributed by atoms with Crippen LogP contribution in [0.3, 0.4) is 0 Å². The highest BCUT2D eigenvalue weighted by atomic mass is 16.5. The molecule has 0 spiro atoms. The number of benzene rings is 2. The van der Waals surface area contributed by atoms with Gasteiger partial charge >= 0.3 is 0 Å². The molecule has 0 radical (unpaired) electrons. The second kappa shape index (κ2) is 10.5. The fraction of sp³-hybridized carbons (Fsp3) is 0.429. The molecule has 7 heteroatoms. The number of aliphatic hydroxyl groups excluding tert-OH is 1. The van der Waals surface area contributed by atoms with Crippen molar-refractivity contribution in [1.29, 1.82) is 0 Å². The smallest absolute Gasteiger partial charge is 0.295 e. The first-order chi connectivity index (χ1) is 16.5. The summed E-state index contributed by atoms with van der Waals surface area (Å²) >= 11 is 0. The summed E-state index contributed by atoms with van der Waals surface area (Å²) in [6.45, 7) is 7.57. The van der Waals surface area contributed by atoms with E-state index in [0.29, 0.717) is 30.0 Å². The van der Waals surface area contributed by atoms with Crippen LogP contribution in [0.2, 0.25) is 0 Å². The summed E-state index contributed by atoms with van der Waals surface area (Å²) in [7, 11) is 6.96. The molecule has 1 aliphatic heterocycles. The summed E-state index contributed by atoms with van der Waals surface area (Å²) in [6.07, 6.45) is 0.701. The number of ether oxygens (including phenoxy) is 2. The number of hydrogen-bond acceptors (Lipinski definition) is 6. The topological polar surface area (TPSA) is 79.3 Å². The number of carbonyl (C=O) groups is 2. The average molecular weight is 481 g/mol. The fourth-order valence-corrected chi connectivity index (χ4v) is 4.32. The highest BCUT2D eigenvalue weighted by Gasteiger charge is 2.45. The Hall–Kier alpha value is -3.32. The predicted octanol–water partition coefficient (Wildman–Crippen LogP) is 4.37. The van der Waals surface area contributed by atoms with Gasteiger partial charge in [0.1, 0.15) is 5.76 Å². The van der Waals surface area contributed by atoms with Crippen molar-refractivity contribution in [3.05, 3.63) is 64.7 Å². The molecule has 3 rings (SSSR count). The summed E-state index contributed by atoms with van der Waals surface area (Å²) in [5.41, 5.74) is 2.35. The van der Waals surface area contributed by atoms with Crippen LogP contribution in [0, 0.1) is 0 Å². The number of likely N-dealkylation sites (tertiary alicyclic amines) is 1. The largest absolute Gasteiger partial charge is 0.507 e. The van der Waals surface area contributed by atoms with Crippen molar-refractivity contribution < 1.29 is 24.2 Å². The van der Waals surface area contributed by atoms with Crippen molar-refractivity contribution >= 4 is 17.4 Å². The second-order valence-electron chi connectivity index (χ2n) is 10.1. The van der Waals surface area contributed by atoms with Crippen LogP contribution in [-0.4, -0.2) is 68.0 Å². The number of rotatable bonds is 8. The first-order valence-corrected chi connectivity index (χ1v) is 11.8. The number of nitrogens with zero attached hydrogens (tertiary/aromatic N) is 2. The molecule has 0 bridgehead atoms. The van der Waals surface area contributed by atoms with Crippen LogP contribution in [0.25, 0.3) is 5.76 Å². The quantitative estimate of drug-likeness (QED) is 0.343.